The number of amides is 1. The van der Waals surface area contributed by atoms with Crippen molar-refractivity contribution in [1.29, 1.82) is 0 Å². The molecule has 0 bridgehead atoms. The molecule has 1 amide bonds. The van der Waals surface area contributed by atoms with Crippen molar-refractivity contribution >= 4 is 23.4 Å². The van der Waals surface area contributed by atoms with Crippen LogP contribution in [-0.2, 0) is 23.1 Å². The van der Waals surface area contributed by atoms with E-state index < -0.39 is 11.5 Å². The molecule has 3 aromatic rings. The fourth-order valence-corrected chi connectivity index (χ4v) is 4.45. The van der Waals surface area contributed by atoms with Crippen LogP contribution in [0.1, 0.15) is 36.8 Å². The van der Waals surface area contributed by atoms with Crippen molar-refractivity contribution in [3.8, 4) is 17.3 Å². The number of hydrogen-bond acceptors (Lipinski definition) is 10. The van der Waals surface area contributed by atoms with Gasteiger partial charge in [0.2, 0.25) is 0 Å². The average Bonchev–Trinajstić information content (AvgIpc) is 3.52. The molecule has 2 N–H and O–H groups in total. The second-order valence-corrected chi connectivity index (χ2v) is 9.21. The van der Waals surface area contributed by atoms with Gasteiger partial charge in [-0.2, -0.15) is 10.2 Å². The van der Waals surface area contributed by atoms with E-state index in [0.717, 1.165) is 25.1 Å². The lowest BCUT2D eigenvalue weighted by atomic mass is 10.2. The Kier molecular flexibility index (Phi) is 7.36. The molecular weight excluding hydrogens is 474 g/mol. The highest BCUT2D eigenvalue weighted by atomic mass is 32.2. The SMILES string of the molecule is C/C(=N\NC(=O)CSc1nnc(-c2cc(C)n(C)n2)n1CC1CCCO1)c1c(O)cc(C)oc1=O. The molecule has 0 spiro atoms. The molecule has 0 aliphatic carbocycles. The van der Waals surface area contributed by atoms with Crippen molar-refractivity contribution in [2.75, 3.05) is 12.4 Å². The zero-order valence-electron chi connectivity index (χ0n) is 19.9. The lowest BCUT2D eigenvalue weighted by Gasteiger charge is -2.13. The van der Waals surface area contributed by atoms with Gasteiger partial charge >= 0.3 is 5.63 Å². The van der Waals surface area contributed by atoms with E-state index in [1.807, 2.05) is 24.6 Å². The summed E-state index contributed by atoms with van der Waals surface area (Å²) < 4.78 is 14.5. The molecule has 1 fully saturated rings. The van der Waals surface area contributed by atoms with Crippen LogP contribution in [0, 0.1) is 13.8 Å². The van der Waals surface area contributed by atoms with Crippen molar-refractivity contribution in [3.05, 3.63) is 39.6 Å². The zero-order chi connectivity index (χ0) is 25.1. The summed E-state index contributed by atoms with van der Waals surface area (Å²) in [5, 5.41) is 27.7. The molecule has 186 valence electrons. The van der Waals surface area contributed by atoms with Crippen LogP contribution in [0.5, 0.6) is 5.75 Å². The number of nitrogens with zero attached hydrogens (tertiary/aromatic N) is 6. The van der Waals surface area contributed by atoms with Gasteiger partial charge in [-0.3, -0.25) is 14.0 Å². The lowest BCUT2D eigenvalue weighted by molar-refractivity contribution is -0.118. The van der Waals surface area contributed by atoms with Crippen LogP contribution in [0.4, 0.5) is 0 Å². The minimum atomic E-state index is -0.730. The Labute approximate surface area is 205 Å². The van der Waals surface area contributed by atoms with Crippen LogP contribution in [0.25, 0.3) is 11.5 Å². The van der Waals surface area contributed by atoms with Crippen LogP contribution >= 0.6 is 11.8 Å². The largest absolute Gasteiger partial charge is 0.507 e. The first-order valence-corrected chi connectivity index (χ1v) is 12.1. The predicted octanol–water partition coefficient (Wildman–Crippen LogP) is 1.77. The molecule has 1 unspecified atom stereocenters. The number of nitrogens with one attached hydrogen (secondary N) is 1. The van der Waals surface area contributed by atoms with Crippen LogP contribution < -0.4 is 11.1 Å². The van der Waals surface area contributed by atoms with Gasteiger partial charge in [-0.1, -0.05) is 11.8 Å². The smallest absolute Gasteiger partial charge is 0.348 e. The second kappa shape index (κ2) is 10.4. The Balaban J connectivity index is 1.47. The molecule has 1 saturated heterocycles. The molecule has 1 atom stereocenters. The Morgan fingerprint density at radius 2 is 2.14 bits per heavy atom. The number of ether oxygens (including phenoxy) is 1. The number of carbonyl (C=O) groups excluding carboxylic acids is 1. The molecular formula is C22H27N7O5S. The summed E-state index contributed by atoms with van der Waals surface area (Å²) in [4.78, 5) is 24.5. The summed E-state index contributed by atoms with van der Waals surface area (Å²) in [5.74, 6) is 0.227. The zero-order valence-corrected chi connectivity index (χ0v) is 20.8. The predicted molar refractivity (Wildman–Crippen MR) is 128 cm³/mol. The number of carbonyl (C=O) groups is 1. The van der Waals surface area contributed by atoms with Gasteiger partial charge in [0.15, 0.2) is 11.0 Å². The molecule has 4 heterocycles. The van der Waals surface area contributed by atoms with Gasteiger partial charge < -0.3 is 14.3 Å². The first kappa shape index (κ1) is 24.7. The first-order chi connectivity index (χ1) is 16.7. The number of aromatic hydroxyl groups is 1. The normalized spacial score (nSPS) is 16.1. The topological polar surface area (TPSA) is 150 Å². The quantitative estimate of drug-likeness (QED) is 0.267. The molecule has 35 heavy (non-hydrogen) atoms. The van der Waals surface area contributed by atoms with E-state index in [1.165, 1.54) is 24.8 Å². The fourth-order valence-electron chi connectivity index (χ4n) is 3.70. The van der Waals surface area contributed by atoms with Crippen molar-refractivity contribution in [1.82, 2.24) is 30.0 Å². The van der Waals surface area contributed by atoms with Gasteiger partial charge in [-0.05, 0) is 39.7 Å². The maximum absolute atomic E-state index is 12.5. The molecule has 3 aromatic heterocycles. The van der Waals surface area contributed by atoms with E-state index in [0.29, 0.717) is 23.2 Å². The highest BCUT2D eigenvalue weighted by Gasteiger charge is 2.23. The molecule has 1 aliphatic rings. The molecule has 4 rings (SSSR count). The number of aryl methyl sites for hydroxylation is 3. The molecule has 13 heteroatoms. The van der Waals surface area contributed by atoms with Gasteiger partial charge in [0.25, 0.3) is 5.91 Å². The number of hydrazone groups is 1. The summed E-state index contributed by atoms with van der Waals surface area (Å²) in [5.41, 5.74) is 3.38. The van der Waals surface area contributed by atoms with Crippen LogP contribution in [-0.4, -0.2) is 59.7 Å². The minimum Gasteiger partial charge on any atom is -0.507 e. The summed E-state index contributed by atoms with van der Waals surface area (Å²) in [7, 11) is 1.86. The summed E-state index contributed by atoms with van der Waals surface area (Å²) >= 11 is 1.21. The Hall–Kier alpha value is -3.45. The molecule has 0 radical (unpaired) electrons. The average molecular weight is 502 g/mol. The van der Waals surface area contributed by atoms with Crippen molar-refractivity contribution in [2.24, 2.45) is 12.1 Å². The van der Waals surface area contributed by atoms with E-state index in [4.69, 9.17) is 9.15 Å². The van der Waals surface area contributed by atoms with E-state index >= 15 is 0 Å². The van der Waals surface area contributed by atoms with Crippen molar-refractivity contribution < 1.29 is 19.1 Å². The summed E-state index contributed by atoms with van der Waals surface area (Å²) in [6.07, 6.45) is 1.99. The van der Waals surface area contributed by atoms with Crippen LogP contribution in [0.2, 0.25) is 0 Å². The Bertz CT molecular complexity index is 1300. The minimum absolute atomic E-state index is 0.0101. The third-order valence-electron chi connectivity index (χ3n) is 5.57. The Morgan fingerprint density at radius 1 is 1.34 bits per heavy atom. The van der Waals surface area contributed by atoms with E-state index in [1.54, 1.807) is 11.6 Å². The third kappa shape index (κ3) is 5.62. The summed E-state index contributed by atoms with van der Waals surface area (Å²) in [6, 6.07) is 3.25. The van der Waals surface area contributed by atoms with Gasteiger partial charge in [-0.15, -0.1) is 10.2 Å². The fraction of sp³-hybridized carbons (Fsp3) is 0.455. The highest BCUT2D eigenvalue weighted by molar-refractivity contribution is 7.99. The molecule has 12 nitrogen and oxygen atoms in total. The van der Waals surface area contributed by atoms with E-state index in [2.05, 4.69) is 25.8 Å². The molecule has 0 saturated carbocycles. The highest BCUT2D eigenvalue weighted by Crippen LogP contribution is 2.26. The van der Waals surface area contributed by atoms with Gasteiger partial charge in [-0.25, -0.2) is 10.2 Å². The van der Waals surface area contributed by atoms with E-state index in [9.17, 15) is 14.7 Å². The summed E-state index contributed by atoms with van der Waals surface area (Å²) in [6.45, 7) is 6.28. The van der Waals surface area contributed by atoms with Gasteiger partial charge in [0.05, 0.1) is 24.1 Å². The van der Waals surface area contributed by atoms with Crippen molar-refractivity contribution in [3.63, 3.8) is 0 Å². The molecule has 1 aliphatic heterocycles. The van der Waals surface area contributed by atoms with Crippen LogP contribution in [0.15, 0.2) is 31.6 Å². The van der Waals surface area contributed by atoms with Crippen molar-refractivity contribution in [2.45, 2.75) is 51.4 Å². The number of thioether (sulfide) groups is 1. The maximum atomic E-state index is 12.5. The van der Waals surface area contributed by atoms with Crippen LogP contribution in [0.3, 0.4) is 0 Å². The second-order valence-electron chi connectivity index (χ2n) is 8.27. The van der Waals surface area contributed by atoms with Gasteiger partial charge in [0.1, 0.15) is 22.8 Å². The Morgan fingerprint density at radius 3 is 2.80 bits per heavy atom. The third-order valence-corrected chi connectivity index (χ3v) is 6.53. The van der Waals surface area contributed by atoms with E-state index in [-0.39, 0.29) is 34.6 Å². The number of rotatable bonds is 8. The standard InChI is InChI=1S/C22H27N7O5S/c1-12-8-16(27-28(12)4)20-25-26-22(29(20)10-15-6-5-7-33-15)35-11-18(31)24-23-14(3)19-17(30)9-13(2)34-21(19)32/h8-9,15,30H,5-7,10-11H2,1-4H3,(H,24,31)/b23-14+. The first-order valence-electron chi connectivity index (χ1n) is 11.1. The maximum Gasteiger partial charge on any atom is 0.348 e. The lowest BCUT2D eigenvalue weighted by Crippen LogP contribution is -2.23. The number of aromatic nitrogens is 5. The molecule has 0 aromatic carbocycles. The van der Waals surface area contributed by atoms with Gasteiger partial charge in [0, 0.05) is 25.4 Å². The monoisotopic (exact) mass is 501 g/mol. The number of hydrogen-bond donors (Lipinski definition) is 2.